The molecule has 1 atom stereocenters. The van der Waals surface area contributed by atoms with Gasteiger partial charge in [-0.25, -0.2) is 0 Å². The summed E-state index contributed by atoms with van der Waals surface area (Å²) in [5.41, 5.74) is 0.775. The smallest absolute Gasteiger partial charge is 0.239 e. The summed E-state index contributed by atoms with van der Waals surface area (Å²) in [5, 5.41) is 2.93. The van der Waals surface area contributed by atoms with Crippen LogP contribution >= 0.6 is 0 Å². The van der Waals surface area contributed by atoms with Crippen LogP contribution in [0.4, 0.5) is 11.4 Å². The van der Waals surface area contributed by atoms with Gasteiger partial charge in [-0.05, 0) is 77.6 Å². The van der Waals surface area contributed by atoms with Crippen molar-refractivity contribution in [1.29, 1.82) is 0 Å². The molecule has 27 heavy (non-hydrogen) atoms. The first-order chi connectivity index (χ1) is 12.8. The summed E-state index contributed by atoms with van der Waals surface area (Å²) in [6.45, 7) is 12.5. The predicted molar refractivity (Wildman–Crippen MR) is 112 cm³/mol. The highest BCUT2D eigenvalue weighted by atomic mass is 16.2. The van der Waals surface area contributed by atoms with Gasteiger partial charge in [0.1, 0.15) is 5.41 Å². The van der Waals surface area contributed by atoms with Gasteiger partial charge in [-0.2, -0.15) is 0 Å². The molecule has 1 fully saturated rings. The van der Waals surface area contributed by atoms with Crippen LogP contribution in [0.5, 0.6) is 0 Å². The number of hydrogen-bond donors (Lipinski definition) is 1. The quantitative estimate of drug-likeness (QED) is 0.726. The zero-order valence-corrected chi connectivity index (χ0v) is 17.5. The fourth-order valence-electron chi connectivity index (χ4n) is 3.78. The Balaban J connectivity index is 2.07. The number of benzene rings is 1. The molecule has 0 saturated carbocycles. The minimum atomic E-state index is -1.08. The van der Waals surface area contributed by atoms with Crippen LogP contribution in [0.15, 0.2) is 24.3 Å². The number of likely N-dealkylation sites (tertiary alicyclic amines) is 1. The van der Waals surface area contributed by atoms with E-state index in [2.05, 4.69) is 31.0 Å². The molecule has 1 aromatic carbocycles. The maximum atomic E-state index is 13.1. The summed E-state index contributed by atoms with van der Waals surface area (Å²) >= 11 is 0. The van der Waals surface area contributed by atoms with Gasteiger partial charge >= 0.3 is 0 Å². The topological polar surface area (TPSA) is 52.7 Å². The SMILES string of the molecule is CCC1CCCCN1C(=O)C(C)(C)C(=O)Nc1ccc(N(CC)CC)cc1. The van der Waals surface area contributed by atoms with Crippen LogP contribution in [-0.2, 0) is 9.59 Å². The molecule has 2 amide bonds. The average Bonchev–Trinajstić information content (AvgIpc) is 2.69. The number of carbonyl (C=O) groups is 2. The molecule has 0 bridgehead atoms. The number of nitrogens with zero attached hydrogens (tertiary/aromatic N) is 2. The van der Waals surface area contributed by atoms with Crippen LogP contribution in [0, 0.1) is 5.41 Å². The molecule has 5 nitrogen and oxygen atoms in total. The van der Waals surface area contributed by atoms with Crippen LogP contribution in [-0.4, -0.2) is 42.4 Å². The van der Waals surface area contributed by atoms with Crippen LogP contribution in [0.1, 0.15) is 60.3 Å². The molecule has 1 unspecified atom stereocenters. The largest absolute Gasteiger partial charge is 0.372 e. The Labute approximate surface area is 164 Å². The first-order valence-electron chi connectivity index (χ1n) is 10.3. The first-order valence-corrected chi connectivity index (χ1v) is 10.3. The Bertz CT molecular complexity index is 635. The molecule has 2 rings (SSSR count). The van der Waals surface area contributed by atoms with E-state index >= 15 is 0 Å². The minimum absolute atomic E-state index is 0.0636. The third-order valence-electron chi connectivity index (χ3n) is 5.72. The van der Waals surface area contributed by atoms with E-state index < -0.39 is 5.41 Å². The molecule has 0 spiro atoms. The molecule has 1 aliphatic rings. The van der Waals surface area contributed by atoms with E-state index in [1.165, 1.54) is 0 Å². The van der Waals surface area contributed by atoms with Gasteiger partial charge < -0.3 is 15.1 Å². The van der Waals surface area contributed by atoms with Gasteiger partial charge in [0.2, 0.25) is 11.8 Å². The van der Waals surface area contributed by atoms with Crippen molar-refractivity contribution in [3.8, 4) is 0 Å². The van der Waals surface area contributed by atoms with E-state index in [0.717, 1.165) is 56.7 Å². The van der Waals surface area contributed by atoms with Crippen molar-refractivity contribution >= 4 is 23.2 Å². The number of carbonyl (C=O) groups excluding carboxylic acids is 2. The molecule has 1 N–H and O–H groups in total. The summed E-state index contributed by atoms with van der Waals surface area (Å²) in [6.07, 6.45) is 4.16. The maximum absolute atomic E-state index is 13.1. The van der Waals surface area contributed by atoms with Gasteiger partial charge in [0.15, 0.2) is 0 Å². The number of nitrogens with one attached hydrogen (secondary N) is 1. The monoisotopic (exact) mass is 373 g/mol. The highest BCUT2D eigenvalue weighted by molar-refractivity contribution is 6.10. The van der Waals surface area contributed by atoms with Crippen molar-refractivity contribution in [2.75, 3.05) is 29.9 Å². The number of rotatable bonds is 7. The van der Waals surface area contributed by atoms with Gasteiger partial charge in [0.25, 0.3) is 0 Å². The molecule has 1 aromatic rings. The molecule has 0 radical (unpaired) electrons. The molecular weight excluding hydrogens is 338 g/mol. The molecule has 1 aliphatic heterocycles. The van der Waals surface area contributed by atoms with Gasteiger partial charge in [-0.15, -0.1) is 0 Å². The Morgan fingerprint density at radius 2 is 1.74 bits per heavy atom. The van der Waals surface area contributed by atoms with Crippen molar-refractivity contribution < 1.29 is 9.59 Å². The summed E-state index contributed by atoms with van der Waals surface area (Å²) in [4.78, 5) is 30.1. The van der Waals surface area contributed by atoms with Crippen LogP contribution in [0.3, 0.4) is 0 Å². The van der Waals surface area contributed by atoms with Gasteiger partial charge in [-0.1, -0.05) is 6.92 Å². The normalized spacial score (nSPS) is 17.5. The van der Waals surface area contributed by atoms with E-state index in [1.807, 2.05) is 29.2 Å². The summed E-state index contributed by atoms with van der Waals surface area (Å²) in [5.74, 6) is -0.310. The lowest BCUT2D eigenvalue weighted by Gasteiger charge is -2.39. The third kappa shape index (κ3) is 4.82. The lowest BCUT2D eigenvalue weighted by molar-refractivity contribution is -0.149. The molecule has 150 valence electrons. The Morgan fingerprint density at radius 3 is 2.30 bits per heavy atom. The van der Waals surface area contributed by atoms with Gasteiger partial charge in [0, 0.05) is 37.1 Å². The molecule has 0 aliphatic carbocycles. The highest BCUT2D eigenvalue weighted by Gasteiger charge is 2.41. The van der Waals surface area contributed by atoms with E-state index in [-0.39, 0.29) is 17.9 Å². The lowest BCUT2D eigenvalue weighted by atomic mass is 9.87. The second-order valence-corrected chi connectivity index (χ2v) is 7.85. The van der Waals surface area contributed by atoms with Crippen molar-refractivity contribution in [3.63, 3.8) is 0 Å². The number of piperidine rings is 1. The molecular formula is C22H35N3O2. The van der Waals surface area contributed by atoms with Crippen molar-refractivity contribution in [3.05, 3.63) is 24.3 Å². The predicted octanol–water partition coefficient (Wildman–Crippen LogP) is 4.29. The number of anilines is 2. The van der Waals surface area contributed by atoms with Gasteiger partial charge in [-0.3, -0.25) is 9.59 Å². The fraction of sp³-hybridized carbons (Fsp3) is 0.636. The summed E-state index contributed by atoms with van der Waals surface area (Å²) in [7, 11) is 0. The Kier molecular flexibility index (Phi) is 7.28. The number of hydrogen-bond acceptors (Lipinski definition) is 3. The molecule has 0 aromatic heterocycles. The van der Waals surface area contributed by atoms with Crippen molar-refractivity contribution in [1.82, 2.24) is 4.90 Å². The first kappa shape index (κ1) is 21.3. The van der Waals surface area contributed by atoms with E-state index in [4.69, 9.17) is 0 Å². The standard InChI is InChI=1S/C22H35N3O2/c1-6-18-11-9-10-16-25(18)21(27)22(4,5)20(26)23-17-12-14-19(15-13-17)24(7-2)8-3/h12-15,18H,6-11,16H2,1-5H3,(H,23,26). The van der Waals surface area contributed by atoms with Crippen LogP contribution in [0.2, 0.25) is 0 Å². The van der Waals surface area contributed by atoms with E-state index in [9.17, 15) is 9.59 Å². The second kappa shape index (κ2) is 9.25. The lowest BCUT2D eigenvalue weighted by Crippen LogP contribution is -2.52. The average molecular weight is 374 g/mol. The molecule has 5 heteroatoms. The maximum Gasteiger partial charge on any atom is 0.239 e. The zero-order valence-electron chi connectivity index (χ0n) is 17.5. The van der Waals surface area contributed by atoms with Crippen LogP contribution in [0.25, 0.3) is 0 Å². The molecule has 1 heterocycles. The summed E-state index contributed by atoms with van der Waals surface area (Å²) in [6, 6.07) is 8.08. The van der Waals surface area contributed by atoms with Crippen LogP contribution < -0.4 is 10.2 Å². The third-order valence-corrected chi connectivity index (χ3v) is 5.72. The fourth-order valence-corrected chi connectivity index (χ4v) is 3.78. The Morgan fingerprint density at radius 1 is 1.11 bits per heavy atom. The number of amides is 2. The molecule has 1 saturated heterocycles. The zero-order chi connectivity index (χ0) is 20.0. The minimum Gasteiger partial charge on any atom is -0.372 e. The highest BCUT2D eigenvalue weighted by Crippen LogP contribution is 2.28. The van der Waals surface area contributed by atoms with Gasteiger partial charge in [0.05, 0.1) is 0 Å². The second-order valence-electron chi connectivity index (χ2n) is 7.85. The Hall–Kier alpha value is -2.04. The van der Waals surface area contributed by atoms with E-state index in [1.54, 1.807) is 13.8 Å². The van der Waals surface area contributed by atoms with Crippen molar-refractivity contribution in [2.24, 2.45) is 5.41 Å². The van der Waals surface area contributed by atoms with E-state index in [0.29, 0.717) is 0 Å². The van der Waals surface area contributed by atoms with Crippen molar-refractivity contribution in [2.45, 2.75) is 66.3 Å². The summed E-state index contributed by atoms with van der Waals surface area (Å²) < 4.78 is 0.